The number of aromatic nitrogens is 2. The first kappa shape index (κ1) is 12.5. The molecule has 0 atom stereocenters. The van der Waals surface area contributed by atoms with Crippen LogP contribution in [0.25, 0.3) is 0 Å². The maximum absolute atomic E-state index is 11.7. The number of likely N-dealkylation sites (N-methyl/N-ethyl adjacent to an activating group) is 1. The number of rotatable bonds is 5. The SMILES string of the molecule is CCCc1[nH]n(CCN(C)C)c(=O)c1Br. The molecule has 0 bridgehead atoms. The fourth-order valence-corrected chi connectivity index (χ4v) is 1.88. The van der Waals surface area contributed by atoms with Crippen molar-refractivity contribution >= 4 is 15.9 Å². The number of hydrogen-bond donors (Lipinski definition) is 1. The van der Waals surface area contributed by atoms with Crippen LogP contribution in [0.3, 0.4) is 0 Å². The summed E-state index contributed by atoms with van der Waals surface area (Å²) in [5.74, 6) is 0. The van der Waals surface area contributed by atoms with Crippen LogP contribution in [-0.2, 0) is 13.0 Å². The lowest BCUT2D eigenvalue weighted by Gasteiger charge is -2.08. The van der Waals surface area contributed by atoms with E-state index in [0.29, 0.717) is 11.0 Å². The Morgan fingerprint density at radius 2 is 2.13 bits per heavy atom. The Morgan fingerprint density at radius 1 is 1.47 bits per heavy atom. The summed E-state index contributed by atoms with van der Waals surface area (Å²) in [6.45, 7) is 3.66. The predicted octanol–water partition coefficient (Wildman–Crippen LogP) is 1.45. The molecule has 4 nitrogen and oxygen atoms in total. The van der Waals surface area contributed by atoms with E-state index in [1.165, 1.54) is 0 Å². The molecule has 0 aliphatic rings. The summed E-state index contributed by atoms with van der Waals surface area (Å²) >= 11 is 3.33. The number of nitrogens with zero attached hydrogens (tertiary/aromatic N) is 2. The molecule has 0 saturated carbocycles. The summed E-state index contributed by atoms with van der Waals surface area (Å²) in [6, 6.07) is 0. The fraction of sp³-hybridized carbons (Fsp3) is 0.700. The van der Waals surface area contributed by atoms with Crippen LogP contribution in [-0.4, -0.2) is 35.3 Å². The Kier molecular flexibility index (Phi) is 4.60. The molecule has 1 rings (SSSR count). The largest absolute Gasteiger partial charge is 0.308 e. The van der Waals surface area contributed by atoms with Gasteiger partial charge in [0.2, 0.25) is 0 Å². The number of nitrogens with one attached hydrogen (secondary N) is 1. The molecule has 0 radical (unpaired) electrons. The lowest BCUT2D eigenvalue weighted by Crippen LogP contribution is -2.25. The molecule has 1 heterocycles. The maximum Gasteiger partial charge on any atom is 0.281 e. The van der Waals surface area contributed by atoms with Crippen LogP contribution in [0.4, 0.5) is 0 Å². The Hall–Kier alpha value is -0.550. The highest BCUT2D eigenvalue weighted by Crippen LogP contribution is 2.11. The second-order valence-electron chi connectivity index (χ2n) is 3.91. The molecule has 1 N–H and O–H groups in total. The van der Waals surface area contributed by atoms with Gasteiger partial charge < -0.3 is 4.90 Å². The average Bonchev–Trinajstić information content (AvgIpc) is 2.44. The zero-order valence-corrected chi connectivity index (χ0v) is 11.1. The first-order chi connectivity index (χ1) is 7.06. The van der Waals surface area contributed by atoms with Crippen molar-refractivity contribution in [3.05, 3.63) is 20.5 Å². The molecular weight excluding hydrogens is 258 g/mol. The Labute approximate surface area is 98.4 Å². The molecular formula is C10H18BrN3O. The lowest BCUT2D eigenvalue weighted by atomic mass is 10.3. The van der Waals surface area contributed by atoms with E-state index in [1.54, 1.807) is 4.68 Å². The highest BCUT2D eigenvalue weighted by molar-refractivity contribution is 9.10. The molecule has 0 saturated heterocycles. The van der Waals surface area contributed by atoms with Gasteiger partial charge in [-0.15, -0.1) is 0 Å². The first-order valence-electron chi connectivity index (χ1n) is 5.18. The van der Waals surface area contributed by atoms with E-state index in [4.69, 9.17) is 0 Å². The van der Waals surface area contributed by atoms with Crippen molar-refractivity contribution in [2.45, 2.75) is 26.3 Å². The zero-order valence-electron chi connectivity index (χ0n) is 9.51. The van der Waals surface area contributed by atoms with Crippen LogP contribution in [0.2, 0.25) is 0 Å². The second-order valence-corrected chi connectivity index (χ2v) is 4.71. The summed E-state index contributed by atoms with van der Waals surface area (Å²) in [5, 5.41) is 3.14. The molecule has 0 aliphatic heterocycles. The van der Waals surface area contributed by atoms with Crippen molar-refractivity contribution in [2.75, 3.05) is 20.6 Å². The predicted molar refractivity (Wildman–Crippen MR) is 65.3 cm³/mol. The molecule has 15 heavy (non-hydrogen) atoms. The third-order valence-corrected chi connectivity index (χ3v) is 3.06. The molecule has 0 spiro atoms. The topological polar surface area (TPSA) is 41.0 Å². The van der Waals surface area contributed by atoms with Crippen molar-refractivity contribution in [1.82, 2.24) is 14.7 Å². The van der Waals surface area contributed by atoms with Gasteiger partial charge in [0.1, 0.15) is 4.47 Å². The van der Waals surface area contributed by atoms with E-state index in [2.05, 4.69) is 32.9 Å². The fourth-order valence-electron chi connectivity index (χ4n) is 1.38. The summed E-state index contributed by atoms with van der Waals surface area (Å²) in [6.07, 6.45) is 1.94. The molecule has 1 aromatic heterocycles. The van der Waals surface area contributed by atoms with Gasteiger partial charge >= 0.3 is 0 Å². The summed E-state index contributed by atoms with van der Waals surface area (Å²) < 4.78 is 2.35. The van der Waals surface area contributed by atoms with Crippen molar-refractivity contribution in [1.29, 1.82) is 0 Å². The second kappa shape index (κ2) is 5.51. The van der Waals surface area contributed by atoms with Crippen LogP contribution >= 0.6 is 15.9 Å². The smallest absolute Gasteiger partial charge is 0.281 e. The number of aromatic amines is 1. The van der Waals surface area contributed by atoms with Crippen LogP contribution in [0.1, 0.15) is 19.0 Å². The van der Waals surface area contributed by atoms with E-state index in [1.807, 2.05) is 14.1 Å². The quantitative estimate of drug-likeness (QED) is 0.884. The van der Waals surface area contributed by atoms with Gasteiger partial charge in [-0.05, 0) is 36.4 Å². The van der Waals surface area contributed by atoms with Crippen molar-refractivity contribution in [2.24, 2.45) is 0 Å². The standard InChI is InChI=1S/C10H18BrN3O/c1-4-5-8-9(11)10(15)14(12-8)7-6-13(2)3/h12H,4-7H2,1-3H3. The Balaban J connectivity index is 2.81. The van der Waals surface area contributed by atoms with Crippen LogP contribution in [0.5, 0.6) is 0 Å². The van der Waals surface area contributed by atoms with Crippen molar-refractivity contribution in [3.63, 3.8) is 0 Å². The lowest BCUT2D eigenvalue weighted by molar-refractivity contribution is 0.369. The van der Waals surface area contributed by atoms with E-state index >= 15 is 0 Å². The van der Waals surface area contributed by atoms with Crippen molar-refractivity contribution < 1.29 is 0 Å². The van der Waals surface area contributed by atoms with Gasteiger partial charge in [0.15, 0.2) is 0 Å². The molecule has 0 aromatic carbocycles. The molecule has 1 aromatic rings. The first-order valence-corrected chi connectivity index (χ1v) is 5.97. The van der Waals surface area contributed by atoms with Gasteiger partial charge in [0.25, 0.3) is 5.56 Å². The summed E-state index contributed by atoms with van der Waals surface area (Å²) in [5.41, 5.74) is 1.04. The van der Waals surface area contributed by atoms with E-state index in [9.17, 15) is 4.79 Å². The number of H-pyrrole nitrogens is 1. The molecule has 86 valence electrons. The van der Waals surface area contributed by atoms with E-state index in [0.717, 1.165) is 25.1 Å². The minimum Gasteiger partial charge on any atom is -0.308 e. The molecule has 0 fully saturated rings. The van der Waals surface area contributed by atoms with Gasteiger partial charge in [-0.3, -0.25) is 14.6 Å². The number of halogens is 1. The van der Waals surface area contributed by atoms with Gasteiger partial charge in [-0.25, -0.2) is 0 Å². The molecule has 0 unspecified atom stereocenters. The Bertz CT molecular complexity index is 367. The highest BCUT2D eigenvalue weighted by atomic mass is 79.9. The number of hydrogen-bond acceptors (Lipinski definition) is 2. The van der Waals surface area contributed by atoms with Gasteiger partial charge in [-0.2, -0.15) is 0 Å². The van der Waals surface area contributed by atoms with Gasteiger partial charge in [-0.1, -0.05) is 13.3 Å². The van der Waals surface area contributed by atoms with Gasteiger partial charge in [0, 0.05) is 6.54 Å². The van der Waals surface area contributed by atoms with E-state index < -0.39 is 0 Å². The highest BCUT2D eigenvalue weighted by Gasteiger charge is 2.10. The van der Waals surface area contributed by atoms with Crippen LogP contribution in [0.15, 0.2) is 9.27 Å². The third kappa shape index (κ3) is 3.21. The van der Waals surface area contributed by atoms with E-state index in [-0.39, 0.29) is 5.56 Å². The summed E-state index contributed by atoms with van der Waals surface area (Å²) in [7, 11) is 3.99. The normalized spacial score (nSPS) is 11.3. The van der Waals surface area contributed by atoms with Gasteiger partial charge in [0.05, 0.1) is 12.2 Å². The minimum absolute atomic E-state index is 0.0419. The summed E-state index contributed by atoms with van der Waals surface area (Å²) in [4.78, 5) is 13.8. The molecule has 0 amide bonds. The van der Waals surface area contributed by atoms with Crippen LogP contribution < -0.4 is 5.56 Å². The Morgan fingerprint density at radius 3 is 2.67 bits per heavy atom. The molecule has 0 aliphatic carbocycles. The zero-order chi connectivity index (χ0) is 11.4. The third-order valence-electron chi connectivity index (χ3n) is 2.24. The monoisotopic (exact) mass is 275 g/mol. The maximum atomic E-state index is 11.7. The number of aryl methyl sites for hydroxylation is 1. The van der Waals surface area contributed by atoms with Crippen LogP contribution in [0, 0.1) is 0 Å². The van der Waals surface area contributed by atoms with Crippen molar-refractivity contribution in [3.8, 4) is 0 Å². The average molecular weight is 276 g/mol. The molecule has 5 heteroatoms. The minimum atomic E-state index is 0.0419.